The van der Waals surface area contributed by atoms with Crippen LogP contribution in [0.4, 0.5) is 0 Å². The summed E-state index contributed by atoms with van der Waals surface area (Å²) < 4.78 is 16.9. The van der Waals surface area contributed by atoms with Gasteiger partial charge >= 0.3 is 0 Å². The summed E-state index contributed by atoms with van der Waals surface area (Å²) in [5, 5.41) is 0. The highest BCUT2D eigenvalue weighted by Gasteiger charge is 2.45. The highest BCUT2D eigenvalue weighted by atomic mass is 16.5. The van der Waals surface area contributed by atoms with Crippen molar-refractivity contribution in [2.45, 2.75) is 37.0 Å². The Morgan fingerprint density at radius 2 is 1.86 bits per heavy atom. The van der Waals surface area contributed by atoms with Gasteiger partial charge in [-0.2, -0.15) is 0 Å². The van der Waals surface area contributed by atoms with Crippen molar-refractivity contribution in [1.82, 2.24) is 14.9 Å². The van der Waals surface area contributed by atoms with Crippen molar-refractivity contribution >= 4 is 5.91 Å². The maximum absolute atomic E-state index is 14.0. The second-order valence-electron chi connectivity index (χ2n) is 9.21. The fourth-order valence-electron chi connectivity index (χ4n) is 5.20. The molecule has 3 aromatic rings. The second kappa shape index (κ2) is 10.4. The Morgan fingerprint density at radius 3 is 2.66 bits per heavy atom. The average Bonchev–Trinajstić information content (AvgIpc) is 2.94. The topological polar surface area (TPSA) is 73.8 Å². The fraction of sp³-hybridized carbons (Fsp3) is 0.393. The van der Waals surface area contributed by atoms with E-state index in [-0.39, 0.29) is 11.8 Å². The fourth-order valence-corrected chi connectivity index (χ4v) is 5.20. The van der Waals surface area contributed by atoms with Crippen molar-refractivity contribution in [3.63, 3.8) is 0 Å². The van der Waals surface area contributed by atoms with E-state index in [1.54, 1.807) is 19.5 Å². The van der Waals surface area contributed by atoms with E-state index >= 15 is 0 Å². The van der Waals surface area contributed by atoms with Crippen LogP contribution in [0.3, 0.4) is 0 Å². The molecule has 2 aromatic carbocycles. The van der Waals surface area contributed by atoms with Gasteiger partial charge in [-0.3, -0.25) is 9.78 Å². The highest BCUT2D eigenvalue weighted by molar-refractivity contribution is 5.88. The van der Waals surface area contributed by atoms with E-state index in [0.717, 1.165) is 30.6 Å². The van der Waals surface area contributed by atoms with Crippen molar-refractivity contribution < 1.29 is 19.0 Å². The number of nitrogens with zero attached hydrogens (tertiary/aromatic N) is 3. The van der Waals surface area contributed by atoms with Crippen LogP contribution in [-0.2, 0) is 14.9 Å². The molecule has 1 aromatic heterocycles. The van der Waals surface area contributed by atoms with Crippen molar-refractivity contribution in [3.05, 3.63) is 78.2 Å². The summed E-state index contributed by atoms with van der Waals surface area (Å²) in [7, 11) is 1.62. The predicted octanol–water partition coefficient (Wildman–Crippen LogP) is 4.73. The molecular formula is C28H31N3O4. The molecule has 35 heavy (non-hydrogen) atoms. The number of amides is 1. The van der Waals surface area contributed by atoms with Crippen LogP contribution in [0.5, 0.6) is 17.4 Å². The molecule has 2 aliphatic rings. The Kier molecular flexibility index (Phi) is 6.95. The third-order valence-corrected chi connectivity index (χ3v) is 7.10. The number of hydrogen-bond donors (Lipinski definition) is 0. The zero-order chi connectivity index (χ0) is 24.1. The molecule has 1 amide bonds. The number of carbonyl (C=O) groups excluding carboxylic acids is 1. The van der Waals surface area contributed by atoms with Crippen LogP contribution in [0, 0.1) is 0 Å². The summed E-state index contributed by atoms with van der Waals surface area (Å²) >= 11 is 0. The summed E-state index contributed by atoms with van der Waals surface area (Å²) in [6.07, 6.45) is 6.71. The highest BCUT2D eigenvalue weighted by Crippen LogP contribution is 2.38. The zero-order valence-corrected chi connectivity index (χ0v) is 20.1. The lowest BCUT2D eigenvalue weighted by atomic mass is 9.72. The number of aromatic nitrogens is 2. The van der Waals surface area contributed by atoms with Crippen molar-refractivity contribution in [2.24, 2.45) is 0 Å². The number of likely N-dealkylation sites (tertiary alicyclic amines) is 1. The molecule has 0 aliphatic carbocycles. The van der Waals surface area contributed by atoms with Crippen LogP contribution < -0.4 is 9.47 Å². The lowest BCUT2D eigenvalue weighted by Crippen LogP contribution is -2.52. The zero-order valence-electron chi connectivity index (χ0n) is 20.1. The van der Waals surface area contributed by atoms with Gasteiger partial charge in [0.2, 0.25) is 11.8 Å². The molecule has 1 atom stereocenters. The number of carbonyl (C=O) groups is 1. The maximum Gasteiger partial charge on any atom is 0.238 e. The van der Waals surface area contributed by atoms with Gasteiger partial charge in [0.05, 0.1) is 24.4 Å². The van der Waals surface area contributed by atoms with E-state index in [0.29, 0.717) is 50.0 Å². The van der Waals surface area contributed by atoms with E-state index in [1.165, 1.54) is 0 Å². The number of ether oxygens (including phenoxy) is 3. The Morgan fingerprint density at radius 1 is 1.06 bits per heavy atom. The average molecular weight is 474 g/mol. The molecule has 0 saturated carbocycles. The largest absolute Gasteiger partial charge is 0.497 e. The first kappa shape index (κ1) is 23.3. The third-order valence-electron chi connectivity index (χ3n) is 7.10. The number of piperidine rings is 1. The number of benzene rings is 2. The van der Waals surface area contributed by atoms with E-state index in [1.807, 2.05) is 47.4 Å². The molecule has 7 nitrogen and oxygen atoms in total. The third kappa shape index (κ3) is 5.00. The standard InChI is InChI=1S/C28H31N3O4/c1-33-23-10-5-11-24(17-23)35-26-19-29-18-25(30-26)21-7-6-14-31(20-21)27(32)28(12-15-34-16-13-28)22-8-3-2-4-9-22/h2-5,8-11,17-19,21H,6-7,12-16,20H2,1H3. The number of rotatable bonds is 6. The summed E-state index contributed by atoms with van der Waals surface area (Å²) in [6.45, 7) is 2.60. The molecule has 3 heterocycles. The SMILES string of the molecule is COc1cccc(Oc2cncc(C3CCCN(C(=O)C4(c5ccccc5)CCOCC4)C3)n2)c1. The molecule has 0 N–H and O–H groups in total. The number of methoxy groups -OCH3 is 1. The molecule has 5 rings (SSSR count). The van der Waals surface area contributed by atoms with E-state index in [4.69, 9.17) is 19.2 Å². The molecule has 0 bridgehead atoms. The Hall–Kier alpha value is -3.45. The molecule has 2 fully saturated rings. The van der Waals surface area contributed by atoms with E-state index in [9.17, 15) is 4.79 Å². The van der Waals surface area contributed by atoms with Gasteiger partial charge in [0.25, 0.3) is 0 Å². The summed E-state index contributed by atoms with van der Waals surface area (Å²) in [4.78, 5) is 25.2. The van der Waals surface area contributed by atoms with Crippen LogP contribution >= 0.6 is 0 Å². The van der Waals surface area contributed by atoms with Crippen LogP contribution in [0.15, 0.2) is 67.0 Å². The molecule has 182 valence electrons. The first-order valence-electron chi connectivity index (χ1n) is 12.2. The van der Waals surface area contributed by atoms with Gasteiger partial charge in [0.1, 0.15) is 11.5 Å². The molecule has 7 heteroatoms. The van der Waals surface area contributed by atoms with Crippen molar-refractivity contribution in [2.75, 3.05) is 33.4 Å². The smallest absolute Gasteiger partial charge is 0.238 e. The van der Waals surface area contributed by atoms with Crippen molar-refractivity contribution in [3.8, 4) is 17.4 Å². The summed E-state index contributed by atoms with van der Waals surface area (Å²) in [6, 6.07) is 17.6. The molecule has 0 radical (unpaired) electrons. The van der Waals surface area contributed by atoms with Crippen LogP contribution in [0.1, 0.15) is 42.9 Å². The van der Waals surface area contributed by atoms with Gasteiger partial charge in [0, 0.05) is 44.5 Å². The summed E-state index contributed by atoms with van der Waals surface area (Å²) in [5.74, 6) is 2.11. The Bertz CT molecular complexity index is 1150. The monoisotopic (exact) mass is 473 g/mol. The minimum atomic E-state index is -0.523. The quantitative estimate of drug-likeness (QED) is 0.515. The number of hydrogen-bond acceptors (Lipinski definition) is 6. The minimum absolute atomic E-state index is 0.113. The molecule has 2 aliphatic heterocycles. The minimum Gasteiger partial charge on any atom is -0.497 e. The molecule has 2 saturated heterocycles. The lowest BCUT2D eigenvalue weighted by Gasteiger charge is -2.42. The van der Waals surface area contributed by atoms with E-state index in [2.05, 4.69) is 17.1 Å². The van der Waals surface area contributed by atoms with Gasteiger partial charge in [-0.1, -0.05) is 36.4 Å². The maximum atomic E-state index is 14.0. The van der Waals surface area contributed by atoms with Gasteiger partial charge in [-0.25, -0.2) is 4.98 Å². The predicted molar refractivity (Wildman–Crippen MR) is 132 cm³/mol. The van der Waals surface area contributed by atoms with Gasteiger partial charge in [-0.05, 0) is 43.4 Å². The Balaban J connectivity index is 1.34. The lowest BCUT2D eigenvalue weighted by molar-refractivity contribution is -0.142. The normalized spacial score (nSPS) is 19.7. The van der Waals surface area contributed by atoms with Crippen molar-refractivity contribution in [1.29, 1.82) is 0 Å². The molecule has 1 unspecified atom stereocenters. The molecule has 0 spiro atoms. The molecular weight excluding hydrogens is 442 g/mol. The van der Waals surface area contributed by atoms with Gasteiger partial charge in [-0.15, -0.1) is 0 Å². The van der Waals surface area contributed by atoms with Gasteiger partial charge in [0.15, 0.2) is 0 Å². The van der Waals surface area contributed by atoms with Crippen LogP contribution in [0.25, 0.3) is 0 Å². The first-order valence-corrected chi connectivity index (χ1v) is 12.2. The van der Waals surface area contributed by atoms with Crippen LogP contribution in [-0.4, -0.2) is 54.2 Å². The Labute approximate surface area is 206 Å². The second-order valence-corrected chi connectivity index (χ2v) is 9.21. The van der Waals surface area contributed by atoms with E-state index < -0.39 is 5.41 Å². The summed E-state index contributed by atoms with van der Waals surface area (Å²) in [5.41, 5.74) is 1.41. The van der Waals surface area contributed by atoms with Crippen LogP contribution in [0.2, 0.25) is 0 Å². The first-order chi connectivity index (χ1) is 17.2. The van der Waals surface area contributed by atoms with Gasteiger partial charge < -0.3 is 19.1 Å².